The summed E-state index contributed by atoms with van der Waals surface area (Å²) in [6, 6.07) is 7.60. The van der Waals surface area contributed by atoms with Crippen molar-refractivity contribution in [3.8, 4) is 11.4 Å². The molecule has 130 valence electrons. The van der Waals surface area contributed by atoms with Crippen LogP contribution in [0.25, 0.3) is 5.69 Å². The lowest BCUT2D eigenvalue weighted by Crippen LogP contribution is -2.32. The van der Waals surface area contributed by atoms with Gasteiger partial charge in [0.25, 0.3) is 0 Å². The summed E-state index contributed by atoms with van der Waals surface area (Å²) in [6.45, 7) is 3.07. The van der Waals surface area contributed by atoms with Crippen molar-refractivity contribution >= 4 is 17.7 Å². The molecular formula is C16H22N4O3S. The molecule has 0 fully saturated rings. The first-order valence-electron chi connectivity index (χ1n) is 7.64. The zero-order valence-electron chi connectivity index (χ0n) is 14.1. The first-order valence-corrected chi connectivity index (χ1v) is 8.52. The van der Waals surface area contributed by atoms with Crippen LogP contribution in [0.5, 0.6) is 5.75 Å². The number of carbonyl (C=O) groups is 1. The number of rotatable bonds is 9. The largest absolute Gasteiger partial charge is 0.495 e. The molecule has 1 heterocycles. The first-order chi connectivity index (χ1) is 11.7. The lowest BCUT2D eigenvalue weighted by Gasteiger charge is -2.13. The van der Waals surface area contributed by atoms with E-state index in [1.807, 2.05) is 35.8 Å². The normalized spacial score (nSPS) is 12.0. The number of ether oxygens (including phenoxy) is 2. The molecule has 1 amide bonds. The Bertz CT molecular complexity index is 662. The van der Waals surface area contributed by atoms with Gasteiger partial charge in [-0.1, -0.05) is 23.9 Å². The van der Waals surface area contributed by atoms with E-state index in [-0.39, 0.29) is 11.2 Å². The Hall–Kier alpha value is -2.06. The topological polar surface area (TPSA) is 78.3 Å². The van der Waals surface area contributed by atoms with Gasteiger partial charge in [-0.25, -0.2) is 0 Å². The molecule has 0 saturated carbocycles. The summed E-state index contributed by atoms with van der Waals surface area (Å²) >= 11 is 1.35. The molecule has 24 heavy (non-hydrogen) atoms. The SMILES string of the molecule is COCCCNC(=O)C(C)Sc1nncn1-c1ccccc1OC. The quantitative estimate of drug-likeness (QED) is 0.550. The molecule has 1 atom stereocenters. The fourth-order valence-electron chi connectivity index (χ4n) is 2.08. The highest BCUT2D eigenvalue weighted by Crippen LogP contribution is 2.28. The second-order valence-corrected chi connectivity index (χ2v) is 6.36. The van der Waals surface area contributed by atoms with Gasteiger partial charge in [0.05, 0.1) is 18.0 Å². The van der Waals surface area contributed by atoms with Crippen LogP contribution in [0.2, 0.25) is 0 Å². The molecular weight excluding hydrogens is 328 g/mol. The summed E-state index contributed by atoms with van der Waals surface area (Å²) < 4.78 is 12.2. The number of hydrogen-bond donors (Lipinski definition) is 1. The van der Waals surface area contributed by atoms with Crippen molar-refractivity contribution in [3.63, 3.8) is 0 Å². The van der Waals surface area contributed by atoms with Crippen LogP contribution in [-0.2, 0) is 9.53 Å². The summed E-state index contributed by atoms with van der Waals surface area (Å²) in [7, 11) is 3.26. The summed E-state index contributed by atoms with van der Waals surface area (Å²) in [6.07, 6.45) is 2.40. The number of nitrogens with zero attached hydrogens (tertiary/aromatic N) is 3. The monoisotopic (exact) mass is 350 g/mol. The van der Waals surface area contributed by atoms with Gasteiger partial charge >= 0.3 is 0 Å². The maximum absolute atomic E-state index is 12.1. The third-order valence-electron chi connectivity index (χ3n) is 3.34. The first kappa shape index (κ1) is 18.3. The van der Waals surface area contributed by atoms with Crippen LogP contribution in [0, 0.1) is 0 Å². The Morgan fingerprint density at radius 1 is 1.38 bits per heavy atom. The number of methoxy groups -OCH3 is 2. The van der Waals surface area contributed by atoms with Crippen LogP contribution in [0.3, 0.4) is 0 Å². The molecule has 1 aromatic heterocycles. The second kappa shape index (κ2) is 9.29. The maximum Gasteiger partial charge on any atom is 0.233 e. The van der Waals surface area contributed by atoms with Crippen molar-refractivity contribution in [2.75, 3.05) is 27.4 Å². The molecule has 0 saturated heterocycles. The molecule has 0 aliphatic carbocycles. The van der Waals surface area contributed by atoms with Crippen LogP contribution >= 0.6 is 11.8 Å². The van der Waals surface area contributed by atoms with Gasteiger partial charge in [0.1, 0.15) is 12.1 Å². The summed E-state index contributed by atoms with van der Waals surface area (Å²) in [5, 5.41) is 11.3. The molecule has 8 heteroatoms. The molecule has 0 aliphatic heterocycles. The standard InChI is InChI=1S/C16H22N4O3S/c1-12(15(21)17-9-6-10-22-2)24-16-19-18-11-20(16)13-7-4-5-8-14(13)23-3/h4-5,7-8,11-12H,6,9-10H2,1-3H3,(H,17,21). The van der Waals surface area contributed by atoms with E-state index in [0.29, 0.717) is 18.3 Å². The Balaban J connectivity index is 2.04. The molecule has 1 N–H and O–H groups in total. The molecule has 1 aromatic carbocycles. The minimum Gasteiger partial charge on any atom is -0.495 e. The molecule has 2 aromatic rings. The van der Waals surface area contributed by atoms with Gasteiger partial charge in [0, 0.05) is 20.3 Å². The van der Waals surface area contributed by atoms with Gasteiger partial charge < -0.3 is 14.8 Å². The van der Waals surface area contributed by atoms with E-state index in [9.17, 15) is 4.79 Å². The predicted octanol–water partition coefficient (Wildman–Crippen LogP) is 1.91. The summed E-state index contributed by atoms with van der Waals surface area (Å²) in [5.41, 5.74) is 0.834. The number of thioether (sulfide) groups is 1. The lowest BCUT2D eigenvalue weighted by molar-refractivity contribution is -0.120. The van der Waals surface area contributed by atoms with E-state index < -0.39 is 0 Å². The summed E-state index contributed by atoms with van der Waals surface area (Å²) in [4.78, 5) is 12.1. The van der Waals surface area contributed by atoms with E-state index in [0.717, 1.165) is 17.9 Å². The van der Waals surface area contributed by atoms with E-state index >= 15 is 0 Å². The number of hydrogen-bond acceptors (Lipinski definition) is 6. The summed E-state index contributed by atoms with van der Waals surface area (Å²) in [5.74, 6) is 0.682. The lowest BCUT2D eigenvalue weighted by atomic mass is 10.3. The number of benzene rings is 1. The number of aromatic nitrogens is 3. The number of carbonyl (C=O) groups excluding carboxylic acids is 1. The van der Waals surface area contributed by atoms with Crippen molar-refractivity contribution in [3.05, 3.63) is 30.6 Å². The Morgan fingerprint density at radius 2 is 2.17 bits per heavy atom. The fraction of sp³-hybridized carbons (Fsp3) is 0.438. The van der Waals surface area contributed by atoms with Gasteiger partial charge in [0.15, 0.2) is 5.16 Å². The molecule has 0 spiro atoms. The highest BCUT2D eigenvalue weighted by molar-refractivity contribution is 8.00. The van der Waals surface area contributed by atoms with Gasteiger partial charge in [0.2, 0.25) is 5.91 Å². The van der Waals surface area contributed by atoms with Crippen LogP contribution in [0.15, 0.2) is 35.7 Å². The average molecular weight is 350 g/mol. The Labute approximate surface area is 145 Å². The molecule has 0 aliphatic rings. The zero-order chi connectivity index (χ0) is 17.4. The van der Waals surface area contributed by atoms with Crippen molar-refractivity contribution in [2.24, 2.45) is 0 Å². The van der Waals surface area contributed by atoms with Crippen LogP contribution < -0.4 is 10.1 Å². The molecule has 0 bridgehead atoms. The molecule has 1 unspecified atom stereocenters. The smallest absolute Gasteiger partial charge is 0.233 e. The predicted molar refractivity (Wildman–Crippen MR) is 92.7 cm³/mol. The van der Waals surface area contributed by atoms with E-state index in [1.165, 1.54) is 11.8 Å². The third kappa shape index (κ3) is 4.72. The van der Waals surface area contributed by atoms with Crippen LogP contribution in [-0.4, -0.2) is 53.3 Å². The maximum atomic E-state index is 12.1. The third-order valence-corrected chi connectivity index (χ3v) is 4.39. The van der Waals surface area contributed by atoms with Crippen molar-refractivity contribution in [1.82, 2.24) is 20.1 Å². The van der Waals surface area contributed by atoms with Gasteiger partial charge in [-0.05, 0) is 25.5 Å². The van der Waals surface area contributed by atoms with Crippen LogP contribution in [0.1, 0.15) is 13.3 Å². The van der Waals surface area contributed by atoms with E-state index in [4.69, 9.17) is 9.47 Å². The Kier molecular flexibility index (Phi) is 7.07. The van der Waals surface area contributed by atoms with Gasteiger partial charge in [-0.2, -0.15) is 0 Å². The fourth-order valence-corrected chi connectivity index (χ4v) is 2.94. The van der Waals surface area contributed by atoms with Crippen molar-refractivity contribution in [2.45, 2.75) is 23.8 Å². The minimum atomic E-state index is -0.287. The van der Waals surface area contributed by atoms with Crippen LogP contribution in [0.4, 0.5) is 0 Å². The van der Waals surface area contributed by atoms with Gasteiger partial charge in [-0.15, -0.1) is 10.2 Å². The molecule has 0 radical (unpaired) electrons. The van der Waals surface area contributed by atoms with E-state index in [1.54, 1.807) is 20.5 Å². The molecule has 7 nitrogen and oxygen atoms in total. The highest BCUT2D eigenvalue weighted by Gasteiger charge is 2.19. The number of nitrogens with one attached hydrogen (secondary N) is 1. The van der Waals surface area contributed by atoms with Crippen molar-refractivity contribution < 1.29 is 14.3 Å². The zero-order valence-corrected chi connectivity index (χ0v) is 14.9. The highest BCUT2D eigenvalue weighted by atomic mass is 32.2. The average Bonchev–Trinajstić information content (AvgIpc) is 3.06. The van der Waals surface area contributed by atoms with E-state index in [2.05, 4.69) is 15.5 Å². The second-order valence-electron chi connectivity index (χ2n) is 5.05. The van der Waals surface area contributed by atoms with Crippen molar-refractivity contribution in [1.29, 1.82) is 0 Å². The van der Waals surface area contributed by atoms with Gasteiger partial charge in [-0.3, -0.25) is 9.36 Å². The molecule has 2 rings (SSSR count). The Morgan fingerprint density at radius 3 is 2.92 bits per heavy atom. The number of amides is 1. The number of para-hydroxylation sites is 2. The minimum absolute atomic E-state index is 0.0364.